The van der Waals surface area contributed by atoms with Crippen molar-refractivity contribution in [1.29, 1.82) is 0 Å². The van der Waals surface area contributed by atoms with E-state index in [1.54, 1.807) is 18.2 Å². The molecule has 1 atom stereocenters. The number of carboxylic acids is 1. The Morgan fingerprint density at radius 3 is 2.40 bits per heavy atom. The van der Waals surface area contributed by atoms with Crippen LogP contribution in [0.5, 0.6) is 11.5 Å². The highest BCUT2D eigenvalue weighted by atomic mass is 16.5. The average molecular weight is 580 g/mol. The summed E-state index contributed by atoms with van der Waals surface area (Å²) in [6, 6.07) is 28.2. The molecular weight excluding hydrogens is 546 g/mol. The highest BCUT2D eigenvalue weighted by molar-refractivity contribution is 5.73. The number of nitrogens with zero attached hydrogens (tertiary/aromatic N) is 2. The summed E-state index contributed by atoms with van der Waals surface area (Å²) in [6.45, 7) is 4.14. The third-order valence-corrected chi connectivity index (χ3v) is 7.17. The van der Waals surface area contributed by atoms with Crippen LogP contribution in [0.1, 0.15) is 28.1 Å². The molecule has 0 aliphatic rings. The predicted molar refractivity (Wildman–Crippen MR) is 162 cm³/mol. The van der Waals surface area contributed by atoms with E-state index in [9.17, 15) is 15.0 Å². The number of aliphatic carboxylic acids is 1. The molecular formula is C34H33N3O6. The number of rotatable bonds is 13. The van der Waals surface area contributed by atoms with Gasteiger partial charge in [-0.2, -0.15) is 0 Å². The van der Waals surface area contributed by atoms with Gasteiger partial charge in [0.2, 0.25) is 5.89 Å². The molecule has 1 aromatic heterocycles. The standard InChI is InChI=1S/C34H33N3O6/c1-22-9-6-7-13-28(22)29-14-8-12-26(23(29)2)20-41-27-16-15-25(18-35-30(19-38)34(39)40)31(17-27)42-21-32-36-37-33(43-32)24-10-4-3-5-11-24/h3-17,30,35,38H,18-21H2,1-2H3,(H,39,40)/t30-/m1/s1. The summed E-state index contributed by atoms with van der Waals surface area (Å²) >= 11 is 0. The number of carboxylic acid groups (broad SMARTS) is 1. The molecule has 0 aliphatic heterocycles. The van der Waals surface area contributed by atoms with Gasteiger partial charge in [-0.1, -0.05) is 66.7 Å². The highest BCUT2D eigenvalue weighted by Crippen LogP contribution is 2.31. The van der Waals surface area contributed by atoms with E-state index in [4.69, 9.17) is 13.9 Å². The van der Waals surface area contributed by atoms with Crippen LogP contribution in [-0.4, -0.2) is 39.0 Å². The molecule has 5 rings (SSSR count). The minimum atomic E-state index is -1.15. The molecule has 9 nitrogen and oxygen atoms in total. The van der Waals surface area contributed by atoms with Gasteiger partial charge in [0.15, 0.2) is 6.61 Å². The number of carbonyl (C=O) groups is 1. The Morgan fingerprint density at radius 1 is 0.860 bits per heavy atom. The molecule has 0 aliphatic carbocycles. The van der Waals surface area contributed by atoms with Crippen molar-refractivity contribution >= 4 is 5.97 Å². The summed E-state index contributed by atoms with van der Waals surface area (Å²) in [5, 5.41) is 29.8. The fourth-order valence-electron chi connectivity index (χ4n) is 4.68. The van der Waals surface area contributed by atoms with Crippen LogP contribution in [0.2, 0.25) is 0 Å². The Bertz CT molecular complexity index is 1690. The number of hydrogen-bond donors (Lipinski definition) is 3. The van der Waals surface area contributed by atoms with Crippen molar-refractivity contribution in [3.8, 4) is 34.1 Å². The molecule has 0 unspecified atom stereocenters. The second kappa shape index (κ2) is 13.8. The molecule has 1 heterocycles. The third kappa shape index (κ3) is 7.27. The molecule has 0 bridgehead atoms. The molecule has 0 spiro atoms. The van der Waals surface area contributed by atoms with Gasteiger partial charge in [-0.25, -0.2) is 0 Å². The van der Waals surface area contributed by atoms with E-state index in [1.165, 1.54) is 11.1 Å². The maximum atomic E-state index is 11.4. The van der Waals surface area contributed by atoms with Gasteiger partial charge >= 0.3 is 5.97 Å². The molecule has 9 heteroatoms. The molecule has 5 aromatic rings. The molecule has 220 valence electrons. The van der Waals surface area contributed by atoms with E-state index >= 15 is 0 Å². The number of hydrogen-bond acceptors (Lipinski definition) is 8. The zero-order chi connectivity index (χ0) is 30.2. The number of aryl methyl sites for hydroxylation is 1. The van der Waals surface area contributed by atoms with E-state index in [0.717, 1.165) is 22.3 Å². The third-order valence-electron chi connectivity index (χ3n) is 7.17. The van der Waals surface area contributed by atoms with Crippen LogP contribution < -0.4 is 14.8 Å². The molecule has 0 saturated heterocycles. The van der Waals surface area contributed by atoms with Crippen LogP contribution in [0.15, 0.2) is 95.4 Å². The van der Waals surface area contributed by atoms with Gasteiger partial charge in [-0.3, -0.25) is 10.1 Å². The van der Waals surface area contributed by atoms with Crippen LogP contribution in [0.3, 0.4) is 0 Å². The van der Waals surface area contributed by atoms with Gasteiger partial charge in [-0.05, 0) is 59.9 Å². The Hall–Kier alpha value is -4.99. The van der Waals surface area contributed by atoms with Crippen LogP contribution in [0.4, 0.5) is 0 Å². The van der Waals surface area contributed by atoms with E-state index < -0.39 is 18.6 Å². The number of nitrogens with one attached hydrogen (secondary N) is 1. The van der Waals surface area contributed by atoms with Gasteiger partial charge in [0.25, 0.3) is 5.89 Å². The lowest BCUT2D eigenvalue weighted by molar-refractivity contribution is -0.140. The average Bonchev–Trinajstić information content (AvgIpc) is 3.50. The molecule has 0 saturated carbocycles. The lowest BCUT2D eigenvalue weighted by Crippen LogP contribution is -2.39. The summed E-state index contributed by atoms with van der Waals surface area (Å²) in [7, 11) is 0. The lowest BCUT2D eigenvalue weighted by Gasteiger charge is -2.17. The zero-order valence-corrected chi connectivity index (χ0v) is 24.0. The smallest absolute Gasteiger partial charge is 0.323 e. The molecule has 4 aromatic carbocycles. The SMILES string of the molecule is Cc1ccccc1-c1cccc(COc2ccc(CN[C@H](CO)C(=O)O)c(OCc3nnc(-c4ccccc4)o3)c2)c1C. The molecule has 0 radical (unpaired) electrons. The van der Waals surface area contributed by atoms with Gasteiger partial charge in [-0.15, -0.1) is 10.2 Å². The first-order valence-electron chi connectivity index (χ1n) is 13.9. The number of aliphatic hydroxyl groups excluding tert-OH is 1. The van der Waals surface area contributed by atoms with E-state index in [2.05, 4.69) is 47.6 Å². The Morgan fingerprint density at radius 2 is 1.63 bits per heavy atom. The predicted octanol–water partition coefficient (Wildman–Crippen LogP) is 5.71. The van der Waals surface area contributed by atoms with Crippen molar-refractivity contribution in [1.82, 2.24) is 15.5 Å². The molecule has 3 N–H and O–H groups in total. The second-order valence-electron chi connectivity index (χ2n) is 10.1. The monoisotopic (exact) mass is 579 g/mol. The first-order chi connectivity index (χ1) is 20.9. The lowest BCUT2D eigenvalue weighted by atomic mass is 9.94. The fraction of sp³-hybridized carbons (Fsp3) is 0.206. The summed E-state index contributed by atoms with van der Waals surface area (Å²) < 4.78 is 18.1. The van der Waals surface area contributed by atoms with Crippen LogP contribution >= 0.6 is 0 Å². The first-order valence-corrected chi connectivity index (χ1v) is 13.9. The largest absolute Gasteiger partial charge is 0.489 e. The Labute approximate surface area is 249 Å². The van der Waals surface area contributed by atoms with E-state index in [-0.39, 0.29) is 19.0 Å². The second-order valence-corrected chi connectivity index (χ2v) is 10.1. The molecule has 0 fully saturated rings. The number of benzene rings is 4. The summed E-state index contributed by atoms with van der Waals surface area (Å²) in [5.41, 5.74) is 7.23. The Kier molecular flexibility index (Phi) is 9.46. The van der Waals surface area contributed by atoms with Gasteiger partial charge < -0.3 is 24.1 Å². The quantitative estimate of drug-likeness (QED) is 0.161. The van der Waals surface area contributed by atoms with Crippen molar-refractivity contribution < 1.29 is 28.9 Å². The minimum absolute atomic E-state index is 0.00374. The first kappa shape index (κ1) is 29.5. The van der Waals surface area contributed by atoms with Crippen LogP contribution in [0, 0.1) is 13.8 Å². The van der Waals surface area contributed by atoms with Crippen molar-refractivity contribution in [2.24, 2.45) is 0 Å². The number of aromatic nitrogens is 2. The molecule has 43 heavy (non-hydrogen) atoms. The van der Waals surface area contributed by atoms with Crippen molar-refractivity contribution in [3.63, 3.8) is 0 Å². The minimum Gasteiger partial charge on any atom is -0.489 e. The van der Waals surface area contributed by atoms with E-state index in [1.807, 2.05) is 54.6 Å². The van der Waals surface area contributed by atoms with Crippen LogP contribution in [-0.2, 0) is 24.6 Å². The highest BCUT2D eigenvalue weighted by Gasteiger charge is 2.18. The number of ether oxygens (including phenoxy) is 2. The van der Waals surface area contributed by atoms with Crippen molar-refractivity contribution in [3.05, 3.63) is 119 Å². The number of aliphatic hydroxyl groups is 1. The van der Waals surface area contributed by atoms with Gasteiger partial charge in [0.1, 0.15) is 24.1 Å². The van der Waals surface area contributed by atoms with Gasteiger partial charge in [0.05, 0.1) is 6.61 Å². The van der Waals surface area contributed by atoms with Gasteiger partial charge in [0, 0.05) is 23.7 Å². The zero-order valence-electron chi connectivity index (χ0n) is 24.0. The van der Waals surface area contributed by atoms with Crippen LogP contribution in [0.25, 0.3) is 22.6 Å². The maximum Gasteiger partial charge on any atom is 0.323 e. The summed E-state index contributed by atoms with van der Waals surface area (Å²) in [4.78, 5) is 11.4. The Balaban J connectivity index is 1.34. The summed E-state index contributed by atoms with van der Waals surface area (Å²) in [5.74, 6) is 0.552. The van der Waals surface area contributed by atoms with Crippen molar-refractivity contribution in [2.75, 3.05) is 6.61 Å². The summed E-state index contributed by atoms with van der Waals surface area (Å²) in [6.07, 6.45) is 0. The normalized spacial score (nSPS) is 11.7. The van der Waals surface area contributed by atoms with E-state index in [0.29, 0.717) is 29.6 Å². The van der Waals surface area contributed by atoms with Crippen molar-refractivity contribution in [2.45, 2.75) is 39.6 Å². The fourth-order valence-corrected chi connectivity index (χ4v) is 4.68. The topological polar surface area (TPSA) is 127 Å². The maximum absolute atomic E-state index is 11.4. The molecule has 0 amide bonds.